The summed E-state index contributed by atoms with van der Waals surface area (Å²) in [5.41, 5.74) is 0. The van der Waals surface area contributed by atoms with Crippen molar-refractivity contribution < 1.29 is 4.74 Å². The molecule has 0 spiro atoms. The molecule has 1 N–H and O–H groups in total. The van der Waals surface area contributed by atoms with E-state index in [2.05, 4.69) is 42.8 Å². The van der Waals surface area contributed by atoms with Crippen LogP contribution in [0, 0.1) is 6.92 Å². The lowest BCUT2D eigenvalue weighted by molar-refractivity contribution is 0.195. The van der Waals surface area contributed by atoms with Crippen LogP contribution in [-0.2, 0) is 18.3 Å². The Labute approximate surface area is 164 Å². The largest absolute Gasteiger partial charge is 0.385 e. The number of thiophene rings is 1. The first-order valence-electron chi connectivity index (χ1n) is 9.34. The summed E-state index contributed by atoms with van der Waals surface area (Å²) in [6, 6.07) is 4.30. The molecule has 1 aliphatic rings. The van der Waals surface area contributed by atoms with Gasteiger partial charge >= 0.3 is 0 Å². The number of aliphatic imine (C=N–C) groups is 1. The van der Waals surface area contributed by atoms with Crippen molar-refractivity contribution >= 4 is 22.3 Å². The average molecular weight is 392 g/mol. The summed E-state index contributed by atoms with van der Waals surface area (Å²) in [7, 11) is 3.71. The Balaban J connectivity index is 1.62. The van der Waals surface area contributed by atoms with E-state index in [4.69, 9.17) is 9.73 Å². The molecule has 0 aliphatic carbocycles. The van der Waals surface area contributed by atoms with Gasteiger partial charge in [-0.15, -0.1) is 21.5 Å². The molecule has 0 bridgehead atoms. The second-order valence-electron chi connectivity index (χ2n) is 6.56. The molecule has 2 aromatic rings. The van der Waals surface area contributed by atoms with Crippen molar-refractivity contribution in [3.8, 4) is 0 Å². The Kier molecular flexibility index (Phi) is 7.05. The number of methoxy groups -OCH3 is 1. The zero-order chi connectivity index (χ0) is 19.1. The van der Waals surface area contributed by atoms with Crippen LogP contribution in [0.1, 0.15) is 18.1 Å². The third-order valence-corrected chi connectivity index (χ3v) is 5.69. The number of guanidine groups is 1. The molecular weight excluding hydrogens is 362 g/mol. The fraction of sp³-hybridized carbons (Fsp3) is 0.611. The molecule has 1 fully saturated rings. The minimum atomic E-state index is 0.523. The van der Waals surface area contributed by atoms with Crippen LogP contribution in [-0.4, -0.2) is 72.1 Å². The van der Waals surface area contributed by atoms with Gasteiger partial charge in [0.1, 0.15) is 12.4 Å². The number of anilines is 1. The Morgan fingerprint density at radius 3 is 2.74 bits per heavy atom. The number of nitrogens with zero attached hydrogens (tertiary/aromatic N) is 6. The molecule has 0 amide bonds. The fourth-order valence-electron chi connectivity index (χ4n) is 3.01. The third-order valence-electron chi connectivity index (χ3n) is 4.76. The maximum absolute atomic E-state index is 5.15. The lowest BCUT2D eigenvalue weighted by Crippen LogP contribution is -2.52. The Bertz CT molecular complexity index is 720. The van der Waals surface area contributed by atoms with Crippen LogP contribution < -0.4 is 10.2 Å². The number of nitrogens with one attached hydrogen (secondary N) is 1. The minimum Gasteiger partial charge on any atom is -0.385 e. The molecule has 9 heteroatoms. The third kappa shape index (κ3) is 5.20. The molecule has 1 aliphatic heterocycles. The summed E-state index contributed by atoms with van der Waals surface area (Å²) >= 11 is 1.80. The number of ether oxygens (including phenoxy) is 1. The summed E-state index contributed by atoms with van der Waals surface area (Å²) in [5, 5.41) is 15.3. The second-order valence-corrected chi connectivity index (χ2v) is 7.49. The smallest absolute Gasteiger partial charge is 0.194 e. The highest BCUT2D eigenvalue weighted by molar-refractivity contribution is 7.14. The summed E-state index contributed by atoms with van der Waals surface area (Å²) in [6.07, 6.45) is 0.952. The van der Waals surface area contributed by atoms with Gasteiger partial charge in [-0.25, -0.2) is 4.99 Å². The summed E-state index contributed by atoms with van der Waals surface area (Å²) < 4.78 is 7.14. The molecule has 3 heterocycles. The monoisotopic (exact) mass is 391 g/mol. The minimum absolute atomic E-state index is 0.523. The van der Waals surface area contributed by atoms with E-state index < -0.39 is 0 Å². The Hall–Kier alpha value is -2.13. The van der Waals surface area contributed by atoms with Crippen molar-refractivity contribution in [1.82, 2.24) is 25.0 Å². The predicted octanol–water partition coefficient (Wildman–Crippen LogP) is 1.49. The fourth-order valence-corrected chi connectivity index (χ4v) is 3.79. The normalized spacial score (nSPS) is 15.4. The van der Waals surface area contributed by atoms with E-state index in [1.807, 2.05) is 18.5 Å². The first-order chi connectivity index (χ1) is 13.2. The summed E-state index contributed by atoms with van der Waals surface area (Å²) in [6.45, 7) is 7.97. The highest BCUT2D eigenvalue weighted by Crippen LogP contribution is 2.22. The number of hydrogen-bond acceptors (Lipinski definition) is 6. The maximum Gasteiger partial charge on any atom is 0.194 e. The first kappa shape index (κ1) is 19.6. The van der Waals surface area contributed by atoms with Crippen LogP contribution >= 0.6 is 11.3 Å². The number of hydrogen-bond donors (Lipinski definition) is 1. The molecule has 0 atom stereocenters. The number of aromatic nitrogens is 3. The highest BCUT2D eigenvalue weighted by Gasteiger charge is 2.20. The lowest BCUT2D eigenvalue weighted by Gasteiger charge is -2.37. The number of rotatable bonds is 7. The van der Waals surface area contributed by atoms with Gasteiger partial charge in [-0.1, -0.05) is 0 Å². The quantitative estimate of drug-likeness (QED) is 0.438. The van der Waals surface area contributed by atoms with Gasteiger partial charge < -0.3 is 24.4 Å². The van der Waals surface area contributed by atoms with Gasteiger partial charge in [0.2, 0.25) is 0 Å². The molecular formula is C18H29N7OS. The molecule has 0 unspecified atom stereocenters. The van der Waals surface area contributed by atoms with Gasteiger partial charge in [0, 0.05) is 53.5 Å². The molecule has 2 aromatic heterocycles. The van der Waals surface area contributed by atoms with Gasteiger partial charge in [-0.3, -0.25) is 0 Å². The van der Waals surface area contributed by atoms with Crippen LogP contribution in [0.25, 0.3) is 0 Å². The molecule has 1 saturated heterocycles. The summed E-state index contributed by atoms with van der Waals surface area (Å²) in [4.78, 5) is 9.60. The van der Waals surface area contributed by atoms with E-state index in [1.165, 1.54) is 5.00 Å². The first-order valence-corrected chi connectivity index (χ1v) is 10.2. The molecule has 3 rings (SSSR count). The number of piperazine rings is 1. The maximum atomic E-state index is 5.15. The molecule has 8 nitrogen and oxygen atoms in total. The molecule has 0 saturated carbocycles. The van der Waals surface area contributed by atoms with E-state index in [0.717, 1.165) is 63.4 Å². The molecule has 148 valence electrons. The zero-order valence-electron chi connectivity index (χ0n) is 16.4. The van der Waals surface area contributed by atoms with Crippen molar-refractivity contribution in [2.45, 2.75) is 19.9 Å². The van der Waals surface area contributed by atoms with Crippen LogP contribution in [0.15, 0.2) is 22.5 Å². The average Bonchev–Trinajstić information content (AvgIpc) is 3.33. The van der Waals surface area contributed by atoms with Crippen molar-refractivity contribution in [2.24, 2.45) is 12.0 Å². The van der Waals surface area contributed by atoms with Gasteiger partial charge in [-0.2, -0.15) is 0 Å². The Morgan fingerprint density at radius 1 is 1.30 bits per heavy atom. The topological polar surface area (TPSA) is 70.8 Å². The van der Waals surface area contributed by atoms with Gasteiger partial charge in [0.05, 0.1) is 5.00 Å². The van der Waals surface area contributed by atoms with E-state index >= 15 is 0 Å². The predicted molar refractivity (Wildman–Crippen MR) is 109 cm³/mol. The van der Waals surface area contributed by atoms with Gasteiger partial charge in [-0.05, 0) is 30.9 Å². The SMILES string of the molecule is COCCCNC(=NCc1nnc(C)n1C)N1CCN(c2cccs2)CC1. The van der Waals surface area contributed by atoms with Crippen LogP contribution in [0.4, 0.5) is 5.00 Å². The number of aryl methyl sites for hydroxylation is 1. The standard InChI is InChI=1S/C18H29N7OS/c1-15-21-22-16(23(15)2)14-20-18(19-7-5-12-26-3)25-10-8-24(9-11-25)17-6-4-13-27-17/h4,6,13H,5,7-12,14H2,1-3H3,(H,19,20). The van der Waals surface area contributed by atoms with E-state index in [0.29, 0.717) is 6.54 Å². The van der Waals surface area contributed by atoms with E-state index in [9.17, 15) is 0 Å². The van der Waals surface area contributed by atoms with Gasteiger partial charge in [0.15, 0.2) is 11.8 Å². The summed E-state index contributed by atoms with van der Waals surface area (Å²) in [5.74, 6) is 2.72. The molecule has 27 heavy (non-hydrogen) atoms. The molecule has 0 aromatic carbocycles. The van der Waals surface area contributed by atoms with Crippen molar-refractivity contribution in [1.29, 1.82) is 0 Å². The Morgan fingerprint density at radius 2 is 2.11 bits per heavy atom. The van der Waals surface area contributed by atoms with Crippen molar-refractivity contribution in [3.63, 3.8) is 0 Å². The van der Waals surface area contributed by atoms with E-state index in [-0.39, 0.29) is 0 Å². The van der Waals surface area contributed by atoms with Crippen molar-refractivity contribution in [2.75, 3.05) is 51.3 Å². The zero-order valence-corrected chi connectivity index (χ0v) is 17.2. The van der Waals surface area contributed by atoms with Crippen LogP contribution in [0.2, 0.25) is 0 Å². The van der Waals surface area contributed by atoms with Gasteiger partial charge in [0.25, 0.3) is 0 Å². The van der Waals surface area contributed by atoms with Crippen LogP contribution in [0.3, 0.4) is 0 Å². The van der Waals surface area contributed by atoms with Crippen molar-refractivity contribution in [3.05, 3.63) is 29.2 Å². The highest BCUT2D eigenvalue weighted by atomic mass is 32.1. The second kappa shape index (κ2) is 9.70. The molecule has 0 radical (unpaired) electrons. The lowest BCUT2D eigenvalue weighted by atomic mass is 10.3. The van der Waals surface area contributed by atoms with Crippen LogP contribution in [0.5, 0.6) is 0 Å². The van der Waals surface area contributed by atoms with E-state index in [1.54, 1.807) is 18.4 Å².